The lowest BCUT2D eigenvalue weighted by atomic mass is 9.56. The molecule has 2 bridgehead atoms. The van der Waals surface area contributed by atoms with Gasteiger partial charge in [0.2, 0.25) is 0 Å². The van der Waals surface area contributed by atoms with E-state index >= 15 is 0 Å². The Morgan fingerprint density at radius 3 is 2.52 bits per heavy atom. The van der Waals surface area contributed by atoms with Crippen molar-refractivity contribution in [1.29, 1.82) is 0 Å². The Bertz CT molecular complexity index is 798. The Morgan fingerprint density at radius 1 is 1.14 bits per heavy atom. The predicted octanol–water partition coefficient (Wildman–Crippen LogP) is 4.86. The van der Waals surface area contributed by atoms with E-state index in [9.17, 15) is 9.59 Å². The van der Waals surface area contributed by atoms with Crippen molar-refractivity contribution in [2.24, 2.45) is 23.2 Å². The Morgan fingerprint density at radius 2 is 1.83 bits per heavy atom. The fourth-order valence-corrected chi connectivity index (χ4v) is 4.86. The second-order valence-corrected chi connectivity index (χ2v) is 8.36. The third-order valence-corrected chi connectivity index (χ3v) is 6.78. The minimum atomic E-state index is -0.258. The summed E-state index contributed by atoms with van der Waals surface area (Å²) in [6.07, 6.45) is 2.78. The molecule has 5 nitrogen and oxygen atoms in total. The first-order valence-electron chi connectivity index (χ1n) is 10.6. The molecule has 5 heteroatoms. The standard InChI is InChI=1S/C24H32O5/c1-6-20(25)27-13-24-14-28-23(22(17(24)5)15(3)12-16(24)4)18-10-8-9-11-19(18)29-21(26)7-2/h8-12,16-17,22-23H,6-7,13-14H2,1-5H3/t16?,17?,22-,23?,24+/m0/s1. The molecule has 1 aliphatic heterocycles. The molecule has 0 spiro atoms. The monoisotopic (exact) mass is 400 g/mol. The quantitative estimate of drug-likeness (QED) is 0.388. The number of ether oxygens (including phenoxy) is 3. The highest BCUT2D eigenvalue weighted by atomic mass is 16.5. The zero-order valence-corrected chi connectivity index (χ0v) is 18.1. The molecule has 1 saturated heterocycles. The molecule has 29 heavy (non-hydrogen) atoms. The average Bonchev–Trinajstić information content (AvgIpc) is 2.71. The fourth-order valence-electron chi connectivity index (χ4n) is 4.86. The molecule has 1 aromatic carbocycles. The van der Waals surface area contributed by atoms with E-state index in [1.54, 1.807) is 6.92 Å². The van der Waals surface area contributed by atoms with E-state index in [-0.39, 0.29) is 41.2 Å². The van der Waals surface area contributed by atoms with Gasteiger partial charge in [-0.25, -0.2) is 0 Å². The summed E-state index contributed by atoms with van der Waals surface area (Å²) in [5.41, 5.74) is 1.91. The van der Waals surface area contributed by atoms with Gasteiger partial charge in [-0.05, 0) is 24.8 Å². The summed E-state index contributed by atoms with van der Waals surface area (Å²) in [5.74, 6) is 0.746. The van der Waals surface area contributed by atoms with Gasteiger partial charge in [-0.3, -0.25) is 9.59 Å². The predicted molar refractivity (Wildman–Crippen MR) is 110 cm³/mol. The van der Waals surface area contributed by atoms with Crippen LogP contribution >= 0.6 is 0 Å². The minimum Gasteiger partial charge on any atom is -0.465 e. The summed E-state index contributed by atoms with van der Waals surface area (Å²) in [4.78, 5) is 23.7. The molecule has 0 N–H and O–H groups in total. The number of benzene rings is 1. The van der Waals surface area contributed by atoms with Crippen molar-refractivity contribution in [3.8, 4) is 5.75 Å². The molecule has 1 fully saturated rings. The first-order valence-corrected chi connectivity index (χ1v) is 10.6. The van der Waals surface area contributed by atoms with Gasteiger partial charge < -0.3 is 14.2 Å². The molecule has 2 aliphatic rings. The van der Waals surface area contributed by atoms with Crippen molar-refractivity contribution < 1.29 is 23.8 Å². The summed E-state index contributed by atoms with van der Waals surface area (Å²) in [7, 11) is 0. The fraction of sp³-hybridized carbons (Fsp3) is 0.583. The molecule has 1 heterocycles. The zero-order valence-electron chi connectivity index (χ0n) is 18.1. The second kappa shape index (κ2) is 8.70. The van der Waals surface area contributed by atoms with Gasteiger partial charge in [-0.1, -0.05) is 57.5 Å². The van der Waals surface area contributed by atoms with E-state index < -0.39 is 0 Å². The molecule has 158 valence electrons. The Kier molecular flexibility index (Phi) is 6.47. The smallest absolute Gasteiger partial charge is 0.310 e. The number of esters is 2. The van der Waals surface area contributed by atoms with Crippen LogP contribution < -0.4 is 4.74 Å². The molecule has 0 saturated carbocycles. The van der Waals surface area contributed by atoms with Crippen molar-refractivity contribution in [3.05, 3.63) is 41.5 Å². The second-order valence-electron chi connectivity index (χ2n) is 8.36. The van der Waals surface area contributed by atoms with Crippen LogP contribution in [0.3, 0.4) is 0 Å². The number of carbonyl (C=O) groups excluding carboxylic acids is 2. The molecule has 0 amide bonds. The molecule has 0 aromatic heterocycles. The molecular formula is C24H32O5. The molecule has 3 unspecified atom stereocenters. The molecular weight excluding hydrogens is 368 g/mol. The summed E-state index contributed by atoms with van der Waals surface area (Å²) in [6.45, 7) is 11.0. The third-order valence-electron chi connectivity index (χ3n) is 6.78. The average molecular weight is 401 g/mol. The number of hydrogen-bond acceptors (Lipinski definition) is 5. The maximum Gasteiger partial charge on any atom is 0.310 e. The Balaban J connectivity index is 1.94. The van der Waals surface area contributed by atoms with Gasteiger partial charge in [-0.2, -0.15) is 0 Å². The minimum absolute atomic E-state index is 0.127. The number of fused-ring (bicyclic) bond motifs is 2. The van der Waals surface area contributed by atoms with E-state index in [0.29, 0.717) is 31.8 Å². The van der Waals surface area contributed by atoms with E-state index in [2.05, 4.69) is 26.8 Å². The number of para-hydroxylation sites is 1. The number of hydrogen-bond donors (Lipinski definition) is 0. The first kappa shape index (κ1) is 21.6. The van der Waals surface area contributed by atoms with Crippen LogP contribution in [0.1, 0.15) is 59.1 Å². The summed E-state index contributed by atoms with van der Waals surface area (Å²) in [5, 5.41) is 0. The lowest BCUT2D eigenvalue weighted by Crippen LogP contribution is -2.54. The van der Waals surface area contributed by atoms with Gasteiger partial charge in [0.05, 0.1) is 19.3 Å². The van der Waals surface area contributed by atoms with Crippen molar-refractivity contribution in [1.82, 2.24) is 0 Å². The van der Waals surface area contributed by atoms with Gasteiger partial charge >= 0.3 is 11.9 Å². The maximum atomic E-state index is 11.9. The number of carbonyl (C=O) groups is 2. The van der Waals surface area contributed by atoms with Gasteiger partial charge in [0.15, 0.2) is 0 Å². The van der Waals surface area contributed by atoms with E-state index in [1.165, 1.54) is 5.57 Å². The molecule has 1 aromatic rings. The summed E-state index contributed by atoms with van der Waals surface area (Å²) < 4.78 is 17.6. The Labute approximate surface area is 173 Å². The van der Waals surface area contributed by atoms with Crippen molar-refractivity contribution in [2.45, 2.75) is 53.6 Å². The molecule has 1 aliphatic carbocycles. The van der Waals surface area contributed by atoms with Crippen molar-refractivity contribution >= 4 is 11.9 Å². The van der Waals surface area contributed by atoms with Gasteiger partial charge in [0.1, 0.15) is 5.75 Å². The Hall–Kier alpha value is -2.14. The first-order chi connectivity index (χ1) is 13.8. The van der Waals surface area contributed by atoms with Gasteiger partial charge in [0, 0.05) is 29.7 Å². The van der Waals surface area contributed by atoms with Gasteiger partial charge in [-0.15, -0.1) is 0 Å². The largest absolute Gasteiger partial charge is 0.465 e. The van der Waals surface area contributed by atoms with Crippen LogP contribution in [0.5, 0.6) is 5.75 Å². The third kappa shape index (κ3) is 3.97. The van der Waals surface area contributed by atoms with E-state index in [0.717, 1.165) is 5.56 Å². The lowest BCUT2D eigenvalue weighted by Gasteiger charge is -2.55. The number of allylic oxidation sites excluding steroid dienone is 1. The molecule has 5 atom stereocenters. The number of rotatable bonds is 6. The highest BCUT2D eigenvalue weighted by Gasteiger charge is 2.54. The van der Waals surface area contributed by atoms with Crippen molar-refractivity contribution in [2.75, 3.05) is 13.2 Å². The van der Waals surface area contributed by atoms with Crippen LogP contribution in [0.15, 0.2) is 35.9 Å². The van der Waals surface area contributed by atoms with Crippen LogP contribution in [-0.2, 0) is 19.1 Å². The van der Waals surface area contributed by atoms with Crippen LogP contribution in [0, 0.1) is 23.2 Å². The van der Waals surface area contributed by atoms with Gasteiger partial charge in [0.25, 0.3) is 0 Å². The van der Waals surface area contributed by atoms with E-state index in [1.807, 2.05) is 31.2 Å². The highest BCUT2D eigenvalue weighted by molar-refractivity contribution is 5.72. The van der Waals surface area contributed by atoms with Crippen LogP contribution in [-0.4, -0.2) is 25.2 Å². The summed E-state index contributed by atoms with van der Waals surface area (Å²) >= 11 is 0. The summed E-state index contributed by atoms with van der Waals surface area (Å²) in [6, 6.07) is 7.62. The topological polar surface area (TPSA) is 61.8 Å². The lowest BCUT2D eigenvalue weighted by molar-refractivity contribution is -0.182. The molecule has 0 radical (unpaired) electrons. The SMILES string of the molecule is CCC(=O)OC[C@@]12COC(c3ccccc3OC(=O)CC)[C@@H](C(C)=CC1C)C2C. The van der Waals surface area contributed by atoms with Crippen LogP contribution in [0.4, 0.5) is 0 Å². The highest BCUT2D eigenvalue weighted by Crippen LogP contribution is 2.57. The maximum absolute atomic E-state index is 11.9. The zero-order chi connectivity index (χ0) is 21.2. The normalized spacial score (nSPS) is 31.0. The van der Waals surface area contributed by atoms with E-state index in [4.69, 9.17) is 14.2 Å². The van der Waals surface area contributed by atoms with Crippen molar-refractivity contribution in [3.63, 3.8) is 0 Å². The van der Waals surface area contributed by atoms with Crippen LogP contribution in [0.2, 0.25) is 0 Å². The molecule has 3 rings (SSSR count). The van der Waals surface area contributed by atoms with Crippen LogP contribution in [0.25, 0.3) is 0 Å².